The monoisotopic (exact) mass is 273 g/mol. The zero-order valence-corrected chi connectivity index (χ0v) is 10.8. The molecule has 3 heteroatoms. The predicted octanol–water partition coefficient (Wildman–Crippen LogP) is 3.82. The van der Waals surface area contributed by atoms with Crippen LogP contribution < -0.4 is 0 Å². The second kappa shape index (κ2) is 6.23. The average Bonchev–Trinajstić information content (AvgIpc) is 2.21. The van der Waals surface area contributed by atoms with E-state index in [4.69, 9.17) is 0 Å². The van der Waals surface area contributed by atoms with E-state index in [0.717, 1.165) is 36.1 Å². The highest BCUT2D eigenvalue weighted by molar-refractivity contribution is 9.10. The van der Waals surface area contributed by atoms with Gasteiger partial charge in [-0.15, -0.1) is 0 Å². The summed E-state index contributed by atoms with van der Waals surface area (Å²) in [6.07, 6.45) is 1.15. The molecule has 0 amide bonds. The van der Waals surface area contributed by atoms with Gasteiger partial charge in [-0.05, 0) is 37.2 Å². The molecule has 0 saturated heterocycles. The van der Waals surface area contributed by atoms with Gasteiger partial charge in [-0.3, -0.25) is 4.90 Å². The number of nitrogens with zero attached hydrogens (tertiary/aromatic N) is 1. The second-order valence-electron chi connectivity index (χ2n) is 3.60. The van der Waals surface area contributed by atoms with E-state index in [1.54, 1.807) is 0 Å². The smallest absolute Gasteiger partial charge is 0.124 e. The van der Waals surface area contributed by atoms with Crippen molar-refractivity contribution in [2.75, 3.05) is 13.1 Å². The van der Waals surface area contributed by atoms with Gasteiger partial charge in [0.1, 0.15) is 5.82 Å². The lowest BCUT2D eigenvalue weighted by Crippen LogP contribution is -2.23. The maximum Gasteiger partial charge on any atom is 0.124 e. The first-order valence-electron chi connectivity index (χ1n) is 5.33. The van der Waals surface area contributed by atoms with Gasteiger partial charge >= 0.3 is 0 Å². The molecule has 1 aromatic carbocycles. The molecule has 0 heterocycles. The summed E-state index contributed by atoms with van der Waals surface area (Å²) in [6.45, 7) is 7.30. The molecule has 0 aliphatic heterocycles. The molecule has 0 aliphatic rings. The molecule has 0 unspecified atom stereocenters. The van der Waals surface area contributed by atoms with Gasteiger partial charge in [-0.1, -0.05) is 35.8 Å². The van der Waals surface area contributed by atoms with Crippen molar-refractivity contribution in [3.05, 3.63) is 34.1 Å². The summed E-state index contributed by atoms with van der Waals surface area (Å²) in [7, 11) is 0. The largest absolute Gasteiger partial charge is 0.299 e. The average molecular weight is 274 g/mol. The molecule has 0 spiro atoms. The Bertz CT molecular complexity index is 314. The first-order chi connectivity index (χ1) is 7.17. The zero-order valence-electron chi connectivity index (χ0n) is 9.26. The minimum atomic E-state index is -0.191. The number of hydrogen-bond donors (Lipinski definition) is 0. The van der Waals surface area contributed by atoms with Crippen LogP contribution in [0.15, 0.2) is 22.7 Å². The molecule has 15 heavy (non-hydrogen) atoms. The van der Waals surface area contributed by atoms with Gasteiger partial charge in [0, 0.05) is 11.0 Å². The minimum Gasteiger partial charge on any atom is -0.299 e. The Balaban J connectivity index is 2.70. The minimum absolute atomic E-state index is 0.191. The number of hydrogen-bond acceptors (Lipinski definition) is 1. The van der Waals surface area contributed by atoms with E-state index in [2.05, 4.69) is 34.7 Å². The van der Waals surface area contributed by atoms with Gasteiger partial charge in [-0.2, -0.15) is 0 Å². The molecule has 0 aromatic heterocycles. The molecule has 0 atom stereocenters. The van der Waals surface area contributed by atoms with Crippen molar-refractivity contribution in [2.45, 2.75) is 26.8 Å². The van der Waals surface area contributed by atoms with Crippen molar-refractivity contribution in [2.24, 2.45) is 0 Å². The Kier molecular flexibility index (Phi) is 5.26. The van der Waals surface area contributed by atoms with Crippen molar-refractivity contribution >= 4 is 15.9 Å². The molecule has 0 N–H and O–H groups in total. The van der Waals surface area contributed by atoms with E-state index in [1.807, 2.05) is 6.07 Å². The Morgan fingerprint density at radius 2 is 2.07 bits per heavy atom. The van der Waals surface area contributed by atoms with Crippen molar-refractivity contribution in [3.63, 3.8) is 0 Å². The van der Waals surface area contributed by atoms with Crippen molar-refractivity contribution in [1.29, 1.82) is 0 Å². The fourth-order valence-electron chi connectivity index (χ4n) is 1.56. The van der Waals surface area contributed by atoms with Gasteiger partial charge in [0.05, 0.1) is 0 Å². The highest BCUT2D eigenvalue weighted by Crippen LogP contribution is 2.19. The number of halogens is 2. The van der Waals surface area contributed by atoms with Gasteiger partial charge < -0.3 is 0 Å². The van der Waals surface area contributed by atoms with Gasteiger partial charge in [0.2, 0.25) is 0 Å². The summed E-state index contributed by atoms with van der Waals surface area (Å²) >= 11 is 3.39. The maximum atomic E-state index is 12.9. The summed E-state index contributed by atoms with van der Waals surface area (Å²) in [5, 5.41) is 0. The van der Waals surface area contributed by atoms with E-state index in [1.165, 1.54) is 12.1 Å². The van der Waals surface area contributed by atoms with Crippen LogP contribution in [-0.4, -0.2) is 18.0 Å². The third-order valence-corrected chi connectivity index (χ3v) is 3.13. The molecule has 1 rings (SSSR count). The Morgan fingerprint density at radius 1 is 1.33 bits per heavy atom. The van der Waals surface area contributed by atoms with Crippen LogP contribution in [0.4, 0.5) is 4.39 Å². The Hall–Kier alpha value is -0.410. The first kappa shape index (κ1) is 12.7. The van der Waals surface area contributed by atoms with Crippen LogP contribution in [0.2, 0.25) is 0 Å². The van der Waals surface area contributed by atoms with E-state index in [0.29, 0.717) is 0 Å². The zero-order chi connectivity index (χ0) is 11.3. The maximum absolute atomic E-state index is 12.9. The molecule has 0 saturated carbocycles. The highest BCUT2D eigenvalue weighted by atomic mass is 79.9. The normalized spacial score (nSPS) is 11.0. The molecule has 0 fully saturated rings. The van der Waals surface area contributed by atoms with Crippen LogP contribution >= 0.6 is 15.9 Å². The Morgan fingerprint density at radius 3 is 2.60 bits per heavy atom. The topological polar surface area (TPSA) is 3.24 Å². The van der Waals surface area contributed by atoms with Crippen LogP contribution in [0.3, 0.4) is 0 Å². The van der Waals surface area contributed by atoms with Crippen LogP contribution in [0.5, 0.6) is 0 Å². The summed E-state index contributed by atoms with van der Waals surface area (Å²) in [5.41, 5.74) is 1.15. The van der Waals surface area contributed by atoms with Crippen molar-refractivity contribution < 1.29 is 4.39 Å². The van der Waals surface area contributed by atoms with Crippen molar-refractivity contribution in [1.82, 2.24) is 4.90 Å². The molecule has 0 radical (unpaired) electrons. The first-order valence-corrected chi connectivity index (χ1v) is 6.13. The lowest BCUT2D eigenvalue weighted by molar-refractivity contribution is 0.280. The summed E-state index contributed by atoms with van der Waals surface area (Å²) in [5.74, 6) is -0.191. The highest BCUT2D eigenvalue weighted by Gasteiger charge is 2.06. The molecular formula is C12H17BrFN. The fraction of sp³-hybridized carbons (Fsp3) is 0.500. The van der Waals surface area contributed by atoms with Crippen LogP contribution in [-0.2, 0) is 6.54 Å². The van der Waals surface area contributed by atoms with Crippen molar-refractivity contribution in [3.8, 4) is 0 Å². The molecular weight excluding hydrogens is 257 g/mol. The molecule has 84 valence electrons. The fourth-order valence-corrected chi connectivity index (χ4v) is 2.03. The van der Waals surface area contributed by atoms with Gasteiger partial charge in [-0.25, -0.2) is 4.39 Å². The summed E-state index contributed by atoms with van der Waals surface area (Å²) < 4.78 is 13.7. The standard InChI is InChI=1S/C12H17BrFN/c1-3-7-15(4-2)9-10-5-6-11(14)8-12(10)13/h5-6,8H,3-4,7,9H2,1-2H3. The van der Waals surface area contributed by atoms with E-state index in [-0.39, 0.29) is 5.82 Å². The molecule has 1 aromatic rings. The molecule has 0 bridgehead atoms. The summed E-state index contributed by atoms with van der Waals surface area (Å²) in [4.78, 5) is 2.35. The SMILES string of the molecule is CCCN(CC)Cc1ccc(F)cc1Br. The van der Waals surface area contributed by atoms with Crippen LogP contribution in [0, 0.1) is 5.82 Å². The van der Waals surface area contributed by atoms with Crippen LogP contribution in [0.1, 0.15) is 25.8 Å². The van der Waals surface area contributed by atoms with E-state index < -0.39 is 0 Å². The summed E-state index contributed by atoms with van der Waals surface area (Å²) in [6, 6.07) is 4.88. The Labute approximate surface area is 99.4 Å². The van der Waals surface area contributed by atoms with E-state index >= 15 is 0 Å². The van der Waals surface area contributed by atoms with E-state index in [9.17, 15) is 4.39 Å². The lowest BCUT2D eigenvalue weighted by Gasteiger charge is -2.20. The third kappa shape index (κ3) is 3.92. The number of rotatable bonds is 5. The second-order valence-corrected chi connectivity index (χ2v) is 4.46. The molecule has 1 nitrogen and oxygen atoms in total. The lowest BCUT2D eigenvalue weighted by atomic mass is 10.2. The number of benzene rings is 1. The quantitative estimate of drug-likeness (QED) is 0.789. The third-order valence-electron chi connectivity index (χ3n) is 2.40. The van der Waals surface area contributed by atoms with Gasteiger partial charge in [0.25, 0.3) is 0 Å². The predicted molar refractivity (Wildman–Crippen MR) is 65.3 cm³/mol. The van der Waals surface area contributed by atoms with Gasteiger partial charge in [0.15, 0.2) is 0 Å². The van der Waals surface area contributed by atoms with Crippen LogP contribution in [0.25, 0.3) is 0 Å². The molecule has 0 aliphatic carbocycles.